The first kappa shape index (κ1) is 13.2. The number of fused-ring (bicyclic) bond motifs is 1. The summed E-state index contributed by atoms with van der Waals surface area (Å²) >= 11 is 0. The van der Waals surface area contributed by atoms with Crippen LogP contribution < -0.4 is 14.2 Å². The molecule has 0 radical (unpaired) electrons. The quantitative estimate of drug-likeness (QED) is 0.938. The van der Waals surface area contributed by atoms with Crippen molar-refractivity contribution in [1.29, 1.82) is 0 Å². The van der Waals surface area contributed by atoms with E-state index in [1.807, 2.05) is 0 Å². The van der Waals surface area contributed by atoms with E-state index in [-0.39, 0.29) is 19.0 Å². The fourth-order valence-corrected chi connectivity index (χ4v) is 2.00. The molecule has 5 nitrogen and oxygen atoms in total. The van der Waals surface area contributed by atoms with Gasteiger partial charge in [0.1, 0.15) is 18.2 Å². The minimum atomic E-state index is -1.20. The molecular formula is C15H11FO5. The molecule has 0 atom stereocenters. The van der Waals surface area contributed by atoms with Gasteiger partial charge < -0.3 is 19.3 Å². The van der Waals surface area contributed by atoms with Crippen LogP contribution in [-0.4, -0.2) is 17.9 Å². The van der Waals surface area contributed by atoms with Gasteiger partial charge in [-0.05, 0) is 24.3 Å². The maximum Gasteiger partial charge on any atom is 0.336 e. The van der Waals surface area contributed by atoms with Crippen LogP contribution in [0, 0.1) is 5.82 Å². The average molecular weight is 290 g/mol. The second kappa shape index (κ2) is 5.32. The van der Waals surface area contributed by atoms with Gasteiger partial charge in [-0.1, -0.05) is 6.07 Å². The zero-order valence-electron chi connectivity index (χ0n) is 10.8. The molecule has 3 rings (SSSR count). The smallest absolute Gasteiger partial charge is 0.336 e. The van der Waals surface area contributed by atoms with Crippen LogP contribution in [-0.2, 0) is 6.61 Å². The number of hydrogen-bond donors (Lipinski definition) is 1. The highest BCUT2D eigenvalue weighted by atomic mass is 19.1. The Kier molecular flexibility index (Phi) is 3.35. The summed E-state index contributed by atoms with van der Waals surface area (Å²) in [6.07, 6.45) is 0. The van der Waals surface area contributed by atoms with Crippen molar-refractivity contribution < 1.29 is 28.5 Å². The third kappa shape index (κ3) is 2.74. The summed E-state index contributed by atoms with van der Waals surface area (Å²) in [7, 11) is 0. The molecule has 1 N–H and O–H groups in total. The van der Waals surface area contributed by atoms with Gasteiger partial charge in [0.05, 0.1) is 5.56 Å². The van der Waals surface area contributed by atoms with Crippen LogP contribution >= 0.6 is 0 Å². The van der Waals surface area contributed by atoms with Crippen LogP contribution in [0.5, 0.6) is 17.2 Å². The molecule has 2 aromatic carbocycles. The Morgan fingerprint density at radius 1 is 1.19 bits per heavy atom. The lowest BCUT2D eigenvalue weighted by Crippen LogP contribution is -2.06. The van der Waals surface area contributed by atoms with Gasteiger partial charge in [0.25, 0.3) is 0 Å². The molecule has 0 aliphatic carbocycles. The molecule has 1 aliphatic heterocycles. The van der Waals surface area contributed by atoms with E-state index < -0.39 is 11.8 Å². The first-order valence-electron chi connectivity index (χ1n) is 6.17. The third-order valence-corrected chi connectivity index (χ3v) is 3.04. The largest absolute Gasteiger partial charge is 0.489 e. The van der Waals surface area contributed by atoms with Crippen molar-refractivity contribution in [1.82, 2.24) is 0 Å². The summed E-state index contributed by atoms with van der Waals surface area (Å²) in [5.74, 6) is -0.0710. The molecule has 1 aliphatic rings. The van der Waals surface area contributed by atoms with E-state index in [0.717, 1.165) is 6.07 Å². The lowest BCUT2D eigenvalue weighted by atomic mass is 10.1. The summed E-state index contributed by atoms with van der Waals surface area (Å²) in [6.45, 7) is 0.182. The summed E-state index contributed by atoms with van der Waals surface area (Å²) in [4.78, 5) is 11.1. The monoisotopic (exact) mass is 290 g/mol. The molecule has 0 aromatic heterocycles. The normalized spacial score (nSPS) is 12.2. The lowest BCUT2D eigenvalue weighted by molar-refractivity contribution is 0.0693. The third-order valence-electron chi connectivity index (χ3n) is 3.04. The van der Waals surface area contributed by atoms with Crippen molar-refractivity contribution in [3.63, 3.8) is 0 Å². The first-order chi connectivity index (χ1) is 10.1. The Morgan fingerprint density at radius 3 is 2.81 bits per heavy atom. The predicted molar refractivity (Wildman–Crippen MR) is 70.3 cm³/mol. The predicted octanol–water partition coefficient (Wildman–Crippen LogP) is 2.83. The van der Waals surface area contributed by atoms with Crippen LogP contribution in [0.3, 0.4) is 0 Å². The van der Waals surface area contributed by atoms with Gasteiger partial charge in [-0.3, -0.25) is 0 Å². The van der Waals surface area contributed by atoms with Crippen molar-refractivity contribution in [2.75, 3.05) is 6.79 Å². The maximum atomic E-state index is 13.1. The van der Waals surface area contributed by atoms with E-state index in [9.17, 15) is 9.18 Å². The molecule has 0 unspecified atom stereocenters. The highest BCUT2D eigenvalue weighted by molar-refractivity contribution is 5.89. The Hall–Kier alpha value is -2.76. The van der Waals surface area contributed by atoms with E-state index in [2.05, 4.69) is 0 Å². The standard InChI is InChI=1S/C15H11FO5/c16-10-2-1-9(12(5-10)15(17)18)7-19-11-3-4-13-14(6-11)21-8-20-13/h1-6H,7-8H2,(H,17,18). The van der Waals surface area contributed by atoms with Gasteiger partial charge in [-0.15, -0.1) is 0 Å². The van der Waals surface area contributed by atoms with Crippen molar-refractivity contribution in [2.45, 2.75) is 6.61 Å². The highest BCUT2D eigenvalue weighted by Gasteiger charge is 2.15. The second-order valence-corrected chi connectivity index (χ2v) is 4.41. The molecule has 0 bridgehead atoms. The first-order valence-corrected chi connectivity index (χ1v) is 6.17. The lowest BCUT2D eigenvalue weighted by Gasteiger charge is -2.09. The van der Waals surface area contributed by atoms with E-state index in [4.69, 9.17) is 19.3 Å². The van der Waals surface area contributed by atoms with Crippen LogP contribution in [0.25, 0.3) is 0 Å². The number of hydrogen-bond acceptors (Lipinski definition) is 4. The molecule has 0 fully saturated rings. The van der Waals surface area contributed by atoms with Gasteiger partial charge in [-0.25, -0.2) is 9.18 Å². The number of aromatic carboxylic acids is 1. The van der Waals surface area contributed by atoms with Crippen molar-refractivity contribution >= 4 is 5.97 Å². The van der Waals surface area contributed by atoms with Gasteiger partial charge in [0.15, 0.2) is 11.5 Å². The van der Waals surface area contributed by atoms with Crippen molar-refractivity contribution in [2.24, 2.45) is 0 Å². The fourth-order valence-electron chi connectivity index (χ4n) is 2.00. The Morgan fingerprint density at radius 2 is 2.00 bits per heavy atom. The van der Waals surface area contributed by atoms with Crippen LogP contribution in [0.2, 0.25) is 0 Å². The summed E-state index contributed by atoms with van der Waals surface area (Å²) in [5.41, 5.74) is 0.275. The van der Waals surface area contributed by atoms with Crippen LogP contribution in [0.15, 0.2) is 36.4 Å². The van der Waals surface area contributed by atoms with E-state index in [1.54, 1.807) is 18.2 Å². The number of carboxylic acids is 1. The van der Waals surface area contributed by atoms with Gasteiger partial charge >= 0.3 is 5.97 Å². The summed E-state index contributed by atoms with van der Waals surface area (Å²) in [6, 6.07) is 8.63. The molecule has 0 saturated carbocycles. The van der Waals surface area contributed by atoms with Crippen molar-refractivity contribution in [3.8, 4) is 17.2 Å². The molecular weight excluding hydrogens is 279 g/mol. The number of benzene rings is 2. The molecule has 21 heavy (non-hydrogen) atoms. The molecule has 1 heterocycles. The van der Waals surface area contributed by atoms with E-state index >= 15 is 0 Å². The molecule has 2 aromatic rings. The minimum absolute atomic E-state index is 0.0154. The number of rotatable bonds is 4. The van der Waals surface area contributed by atoms with Crippen molar-refractivity contribution in [3.05, 3.63) is 53.3 Å². The average Bonchev–Trinajstić information content (AvgIpc) is 2.93. The van der Waals surface area contributed by atoms with Gasteiger partial charge in [0, 0.05) is 11.6 Å². The Bertz CT molecular complexity index is 698. The minimum Gasteiger partial charge on any atom is -0.489 e. The van der Waals surface area contributed by atoms with E-state index in [0.29, 0.717) is 22.8 Å². The zero-order chi connectivity index (χ0) is 14.8. The molecule has 0 saturated heterocycles. The number of carbonyl (C=O) groups is 1. The van der Waals surface area contributed by atoms with E-state index in [1.165, 1.54) is 12.1 Å². The van der Waals surface area contributed by atoms with Crippen LogP contribution in [0.4, 0.5) is 4.39 Å². The number of halogens is 1. The molecule has 0 spiro atoms. The zero-order valence-corrected chi connectivity index (χ0v) is 10.8. The molecule has 108 valence electrons. The maximum absolute atomic E-state index is 13.1. The highest BCUT2D eigenvalue weighted by Crippen LogP contribution is 2.35. The topological polar surface area (TPSA) is 65.0 Å². The number of ether oxygens (including phenoxy) is 3. The Labute approximate surface area is 119 Å². The number of carboxylic acid groups (broad SMARTS) is 1. The van der Waals surface area contributed by atoms with Crippen LogP contribution in [0.1, 0.15) is 15.9 Å². The Balaban J connectivity index is 1.77. The van der Waals surface area contributed by atoms with Gasteiger partial charge in [0.2, 0.25) is 6.79 Å². The van der Waals surface area contributed by atoms with Gasteiger partial charge in [-0.2, -0.15) is 0 Å². The molecule has 6 heteroatoms. The summed E-state index contributed by atoms with van der Waals surface area (Å²) < 4.78 is 29.0. The molecule has 0 amide bonds. The summed E-state index contributed by atoms with van der Waals surface area (Å²) in [5, 5.41) is 9.06. The SMILES string of the molecule is O=C(O)c1cc(F)ccc1COc1ccc2c(c1)OCO2. The second-order valence-electron chi connectivity index (χ2n) is 4.41. The fraction of sp³-hybridized carbons (Fsp3) is 0.133.